The summed E-state index contributed by atoms with van der Waals surface area (Å²) in [6.07, 6.45) is 0. The fourth-order valence-corrected chi connectivity index (χ4v) is 3.19. The van der Waals surface area contributed by atoms with E-state index in [1.807, 2.05) is 0 Å². The monoisotopic (exact) mass is 351 g/mol. The zero-order chi connectivity index (χ0) is 17.9. The molecule has 0 aliphatic carbocycles. The van der Waals surface area contributed by atoms with Crippen LogP contribution in [-0.2, 0) is 16.8 Å². The second kappa shape index (κ2) is 6.98. The van der Waals surface area contributed by atoms with Gasteiger partial charge in [-0.2, -0.15) is 12.7 Å². The van der Waals surface area contributed by atoms with Gasteiger partial charge in [-0.25, -0.2) is 4.39 Å². The molecule has 0 saturated heterocycles. The van der Waals surface area contributed by atoms with Crippen molar-refractivity contribution in [2.75, 3.05) is 18.4 Å². The topological polar surface area (TPSA) is 83.7 Å². The van der Waals surface area contributed by atoms with Gasteiger partial charge in [-0.15, -0.1) is 0 Å². The summed E-state index contributed by atoms with van der Waals surface area (Å²) in [6, 6.07) is 11.8. The zero-order valence-electron chi connectivity index (χ0n) is 13.3. The molecular weight excluding hydrogens is 333 g/mol. The van der Waals surface area contributed by atoms with Crippen LogP contribution in [0.25, 0.3) is 0 Å². The fraction of sp³-hybridized carbons (Fsp3) is 0.188. The van der Waals surface area contributed by atoms with E-state index in [1.165, 1.54) is 44.4 Å². The van der Waals surface area contributed by atoms with Crippen molar-refractivity contribution in [2.24, 2.45) is 5.73 Å². The number of rotatable bonds is 6. The first kappa shape index (κ1) is 17.9. The second-order valence-electron chi connectivity index (χ2n) is 5.31. The minimum Gasteiger partial charge on any atom is -0.366 e. The van der Waals surface area contributed by atoms with Crippen LogP contribution in [0.1, 0.15) is 15.9 Å². The highest BCUT2D eigenvalue weighted by molar-refractivity contribution is 7.90. The molecule has 2 N–H and O–H groups in total. The van der Waals surface area contributed by atoms with E-state index in [9.17, 15) is 17.6 Å². The number of benzene rings is 2. The van der Waals surface area contributed by atoms with Gasteiger partial charge in [-0.1, -0.05) is 24.3 Å². The molecular formula is C16H18FN3O3S. The first-order valence-corrected chi connectivity index (χ1v) is 8.46. The molecule has 2 rings (SSSR count). The van der Waals surface area contributed by atoms with Gasteiger partial charge >= 0.3 is 10.2 Å². The number of nitrogens with two attached hydrogens (primary N) is 1. The molecule has 0 fully saturated rings. The van der Waals surface area contributed by atoms with Gasteiger partial charge in [0.2, 0.25) is 5.91 Å². The van der Waals surface area contributed by atoms with Crippen molar-refractivity contribution >= 4 is 21.8 Å². The Hall–Kier alpha value is -2.45. The molecule has 0 aliphatic rings. The summed E-state index contributed by atoms with van der Waals surface area (Å²) in [5, 5.41) is 0. The molecule has 6 nitrogen and oxygen atoms in total. The Morgan fingerprint density at radius 1 is 1.08 bits per heavy atom. The number of carbonyl (C=O) groups excluding carboxylic acids is 1. The molecule has 8 heteroatoms. The summed E-state index contributed by atoms with van der Waals surface area (Å²) in [4.78, 5) is 11.1. The Morgan fingerprint density at radius 3 is 2.17 bits per heavy atom. The van der Waals surface area contributed by atoms with E-state index < -0.39 is 21.9 Å². The third-order valence-corrected chi connectivity index (χ3v) is 5.23. The van der Waals surface area contributed by atoms with E-state index in [0.29, 0.717) is 11.1 Å². The summed E-state index contributed by atoms with van der Waals surface area (Å²) >= 11 is 0. The fourth-order valence-electron chi connectivity index (χ4n) is 2.08. The normalized spacial score (nSPS) is 11.5. The first-order chi connectivity index (χ1) is 11.2. The molecule has 2 aromatic carbocycles. The van der Waals surface area contributed by atoms with Gasteiger partial charge in [0.15, 0.2) is 0 Å². The molecule has 1 amide bonds. The Labute approximate surface area is 140 Å². The lowest BCUT2D eigenvalue weighted by Gasteiger charge is -2.27. The first-order valence-electron chi connectivity index (χ1n) is 7.07. The van der Waals surface area contributed by atoms with Crippen LogP contribution in [0.3, 0.4) is 0 Å². The molecule has 0 spiro atoms. The summed E-state index contributed by atoms with van der Waals surface area (Å²) in [6.45, 7) is -0.0828. The van der Waals surface area contributed by atoms with Crippen molar-refractivity contribution in [3.05, 3.63) is 65.5 Å². The molecule has 0 aromatic heterocycles. The van der Waals surface area contributed by atoms with Crippen molar-refractivity contribution in [1.29, 1.82) is 0 Å². The Balaban J connectivity index is 2.44. The van der Waals surface area contributed by atoms with Crippen molar-refractivity contribution in [3.63, 3.8) is 0 Å². The Bertz CT molecular complexity index is 836. The Morgan fingerprint density at radius 2 is 1.67 bits per heavy atom. The van der Waals surface area contributed by atoms with Gasteiger partial charge in [0.25, 0.3) is 0 Å². The maximum absolute atomic E-state index is 14.1. The van der Waals surface area contributed by atoms with Crippen molar-refractivity contribution < 1.29 is 17.6 Å². The summed E-state index contributed by atoms with van der Waals surface area (Å²) in [5.41, 5.74) is 6.04. The third-order valence-electron chi connectivity index (χ3n) is 3.43. The predicted octanol–water partition coefficient (Wildman–Crippen LogP) is 1.74. The van der Waals surface area contributed by atoms with Gasteiger partial charge in [-0.05, 0) is 29.8 Å². The van der Waals surface area contributed by atoms with Crippen LogP contribution in [-0.4, -0.2) is 32.7 Å². The highest BCUT2D eigenvalue weighted by Gasteiger charge is 2.27. The smallest absolute Gasteiger partial charge is 0.303 e. The van der Waals surface area contributed by atoms with Crippen LogP contribution in [0.2, 0.25) is 0 Å². The van der Waals surface area contributed by atoms with Crippen LogP contribution in [0.5, 0.6) is 0 Å². The average Bonchev–Trinajstić information content (AvgIpc) is 2.53. The Kier molecular flexibility index (Phi) is 5.20. The van der Waals surface area contributed by atoms with Gasteiger partial charge in [0.1, 0.15) is 5.82 Å². The summed E-state index contributed by atoms with van der Waals surface area (Å²) in [7, 11) is -1.16. The molecule has 0 radical (unpaired) electrons. The summed E-state index contributed by atoms with van der Waals surface area (Å²) < 4.78 is 41.3. The molecule has 0 saturated carbocycles. The van der Waals surface area contributed by atoms with Gasteiger partial charge in [0, 0.05) is 19.7 Å². The maximum atomic E-state index is 14.1. The van der Waals surface area contributed by atoms with Crippen molar-refractivity contribution in [2.45, 2.75) is 6.54 Å². The lowest BCUT2D eigenvalue weighted by Crippen LogP contribution is -2.40. The van der Waals surface area contributed by atoms with Crippen LogP contribution in [0.15, 0.2) is 48.5 Å². The number of para-hydroxylation sites is 1. The number of halogens is 1. The predicted molar refractivity (Wildman–Crippen MR) is 90.1 cm³/mol. The van der Waals surface area contributed by atoms with E-state index in [-0.39, 0.29) is 12.2 Å². The number of hydrogen-bond acceptors (Lipinski definition) is 3. The highest BCUT2D eigenvalue weighted by Crippen LogP contribution is 2.25. The minimum atomic E-state index is -3.90. The van der Waals surface area contributed by atoms with E-state index in [4.69, 9.17) is 5.73 Å². The van der Waals surface area contributed by atoms with E-state index in [0.717, 1.165) is 8.61 Å². The number of amides is 1. The van der Waals surface area contributed by atoms with Gasteiger partial charge in [0.05, 0.1) is 12.2 Å². The van der Waals surface area contributed by atoms with E-state index in [2.05, 4.69) is 0 Å². The number of anilines is 1. The quantitative estimate of drug-likeness (QED) is 0.860. The van der Waals surface area contributed by atoms with Crippen LogP contribution in [0, 0.1) is 5.82 Å². The van der Waals surface area contributed by atoms with Gasteiger partial charge in [-0.3, -0.25) is 9.10 Å². The number of primary amides is 1. The van der Waals surface area contributed by atoms with Crippen LogP contribution >= 0.6 is 0 Å². The lowest BCUT2D eigenvalue weighted by atomic mass is 10.1. The SMILES string of the molecule is CN(C)S(=O)(=O)N(Cc1ccc(C(N)=O)cc1)c1ccccc1F. The molecule has 128 valence electrons. The van der Waals surface area contributed by atoms with Gasteiger partial charge < -0.3 is 5.73 Å². The van der Waals surface area contributed by atoms with Crippen molar-refractivity contribution in [1.82, 2.24) is 4.31 Å². The number of carbonyl (C=O) groups is 1. The van der Waals surface area contributed by atoms with Crippen molar-refractivity contribution in [3.8, 4) is 0 Å². The van der Waals surface area contributed by atoms with Crippen LogP contribution < -0.4 is 10.0 Å². The summed E-state index contributed by atoms with van der Waals surface area (Å²) in [5.74, 6) is -1.22. The number of nitrogens with zero attached hydrogens (tertiary/aromatic N) is 2. The van der Waals surface area contributed by atoms with E-state index in [1.54, 1.807) is 18.2 Å². The molecule has 24 heavy (non-hydrogen) atoms. The highest BCUT2D eigenvalue weighted by atomic mass is 32.2. The standard InChI is InChI=1S/C16H18FN3O3S/c1-19(2)24(22,23)20(15-6-4-3-5-14(15)17)11-12-7-9-13(10-8-12)16(18)21/h3-10H,11H2,1-2H3,(H2,18,21). The molecule has 0 aliphatic heterocycles. The maximum Gasteiger partial charge on any atom is 0.303 e. The molecule has 0 unspecified atom stereocenters. The van der Waals surface area contributed by atoms with E-state index >= 15 is 0 Å². The minimum absolute atomic E-state index is 0.0508. The second-order valence-corrected chi connectivity index (χ2v) is 7.38. The average molecular weight is 351 g/mol. The van der Waals surface area contributed by atoms with Crippen LogP contribution in [0.4, 0.5) is 10.1 Å². The molecule has 0 atom stereocenters. The lowest BCUT2D eigenvalue weighted by molar-refractivity contribution is 0.100. The molecule has 2 aromatic rings. The largest absolute Gasteiger partial charge is 0.366 e. The number of hydrogen-bond donors (Lipinski definition) is 1. The zero-order valence-corrected chi connectivity index (χ0v) is 14.1. The third kappa shape index (κ3) is 3.72. The molecule has 0 bridgehead atoms. The molecule has 0 heterocycles.